The van der Waals surface area contributed by atoms with Gasteiger partial charge in [0.05, 0.1) is 13.2 Å². The van der Waals surface area contributed by atoms with Crippen LogP contribution >= 0.6 is 0 Å². The Hall–Kier alpha value is -2.70. The number of hydrogen-bond acceptors (Lipinski definition) is 4. The van der Waals surface area contributed by atoms with E-state index in [-0.39, 0.29) is 29.7 Å². The topological polar surface area (TPSA) is 93.5 Å². The van der Waals surface area contributed by atoms with Crippen LogP contribution in [0.4, 0.5) is 0 Å². The molecular formula is C26H37N3O3. The molecule has 0 saturated heterocycles. The van der Waals surface area contributed by atoms with Gasteiger partial charge in [-0.1, -0.05) is 81.4 Å². The predicted molar refractivity (Wildman–Crippen MR) is 128 cm³/mol. The molecule has 6 heteroatoms. The molecule has 2 aromatic carbocycles. The fourth-order valence-corrected chi connectivity index (χ4v) is 3.31. The molecular weight excluding hydrogens is 402 g/mol. The van der Waals surface area contributed by atoms with Crippen LogP contribution in [0.2, 0.25) is 0 Å². The van der Waals surface area contributed by atoms with Crippen LogP contribution in [0.1, 0.15) is 44.7 Å². The van der Waals surface area contributed by atoms with Crippen molar-refractivity contribution in [1.82, 2.24) is 10.6 Å². The van der Waals surface area contributed by atoms with Gasteiger partial charge in [-0.15, -0.1) is 0 Å². The first-order valence-corrected chi connectivity index (χ1v) is 11.4. The Balaban J connectivity index is 1.72. The average molecular weight is 440 g/mol. The quantitative estimate of drug-likeness (QED) is 0.446. The number of rotatable bonds is 13. The van der Waals surface area contributed by atoms with Crippen LogP contribution in [0, 0.1) is 11.8 Å². The Labute approximate surface area is 191 Å². The highest BCUT2D eigenvalue weighted by molar-refractivity contribution is 5.88. The summed E-state index contributed by atoms with van der Waals surface area (Å²) in [6.07, 6.45) is 1.31. The molecule has 0 radical (unpaired) electrons. The third-order valence-corrected chi connectivity index (χ3v) is 5.42. The van der Waals surface area contributed by atoms with Gasteiger partial charge in [0.2, 0.25) is 11.8 Å². The standard InChI is InChI=1S/C26H37N3O3/c1-19(2)24(26(31)28-16-21-10-6-4-7-11-21)29-25(30)20(3)14-15-23(27)18-32-17-22-12-8-5-9-13-22/h4-13,19-20,23-24H,14-18,27H2,1-3H3,(H,28,31)(H,29,30)/t20-,23?,24?/m1/s1. The molecule has 2 unspecified atom stereocenters. The molecule has 0 aromatic heterocycles. The number of carbonyl (C=O) groups excluding carboxylic acids is 2. The highest BCUT2D eigenvalue weighted by atomic mass is 16.5. The summed E-state index contributed by atoms with van der Waals surface area (Å²) in [6, 6.07) is 19.0. The number of nitrogens with two attached hydrogens (primary N) is 1. The summed E-state index contributed by atoms with van der Waals surface area (Å²) in [5, 5.41) is 5.84. The Bertz CT molecular complexity index is 812. The number of hydrogen-bond donors (Lipinski definition) is 3. The van der Waals surface area contributed by atoms with Gasteiger partial charge in [0.25, 0.3) is 0 Å². The van der Waals surface area contributed by atoms with E-state index in [1.54, 1.807) is 0 Å². The molecule has 6 nitrogen and oxygen atoms in total. The first-order chi connectivity index (χ1) is 15.4. The van der Waals surface area contributed by atoms with Gasteiger partial charge in [-0.3, -0.25) is 9.59 Å². The summed E-state index contributed by atoms with van der Waals surface area (Å²) in [6.45, 7) is 7.13. The molecule has 2 aromatic rings. The minimum atomic E-state index is -0.573. The largest absolute Gasteiger partial charge is 0.375 e. The van der Waals surface area contributed by atoms with Crippen molar-refractivity contribution in [3.63, 3.8) is 0 Å². The van der Waals surface area contributed by atoms with Crippen LogP contribution in [-0.4, -0.2) is 30.5 Å². The van der Waals surface area contributed by atoms with Crippen molar-refractivity contribution in [2.45, 2.75) is 58.8 Å². The monoisotopic (exact) mass is 439 g/mol. The van der Waals surface area contributed by atoms with Crippen LogP contribution in [0.3, 0.4) is 0 Å². The Morgan fingerprint density at radius 2 is 1.47 bits per heavy atom. The molecule has 0 aliphatic carbocycles. The smallest absolute Gasteiger partial charge is 0.243 e. The Morgan fingerprint density at radius 1 is 0.875 bits per heavy atom. The van der Waals surface area contributed by atoms with Crippen LogP contribution in [-0.2, 0) is 27.5 Å². The first-order valence-electron chi connectivity index (χ1n) is 11.4. The minimum absolute atomic E-state index is 0.0180. The molecule has 0 spiro atoms. The number of nitrogens with one attached hydrogen (secondary N) is 2. The van der Waals surface area contributed by atoms with Gasteiger partial charge in [0.15, 0.2) is 0 Å². The second-order valence-corrected chi connectivity index (χ2v) is 8.67. The molecule has 4 N–H and O–H groups in total. The van der Waals surface area contributed by atoms with Crippen LogP contribution in [0.5, 0.6) is 0 Å². The van der Waals surface area contributed by atoms with Crippen molar-refractivity contribution < 1.29 is 14.3 Å². The maximum absolute atomic E-state index is 12.7. The summed E-state index contributed by atoms with van der Waals surface area (Å²) >= 11 is 0. The summed E-state index contributed by atoms with van der Waals surface area (Å²) in [7, 11) is 0. The first kappa shape index (κ1) is 25.6. The van der Waals surface area contributed by atoms with E-state index in [0.29, 0.717) is 32.6 Å². The van der Waals surface area contributed by atoms with Gasteiger partial charge in [-0.25, -0.2) is 0 Å². The maximum Gasteiger partial charge on any atom is 0.243 e. The lowest BCUT2D eigenvalue weighted by Gasteiger charge is -2.24. The molecule has 2 rings (SSSR count). The lowest BCUT2D eigenvalue weighted by atomic mass is 9.98. The van der Waals surface area contributed by atoms with Crippen molar-refractivity contribution in [3.8, 4) is 0 Å². The van der Waals surface area contributed by atoms with Crippen molar-refractivity contribution in [1.29, 1.82) is 0 Å². The Morgan fingerprint density at radius 3 is 2.06 bits per heavy atom. The van der Waals surface area contributed by atoms with Crippen LogP contribution in [0.25, 0.3) is 0 Å². The zero-order valence-corrected chi connectivity index (χ0v) is 19.4. The molecule has 0 fully saturated rings. The normalized spacial score (nSPS) is 13.9. The van der Waals surface area contributed by atoms with E-state index in [4.69, 9.17) is 10.5 Å². The summed E-state index contributed by atoms with van der Waals surface area (Å²) in [4.78, 5) is 25.3. The summed E-state index contributed by atoms with van der Waals surface area (Å²) in [5.74, 6) is -0.555. The van der Waals surface area contributed by atoms with Gasteiger partial charge in [-0.05, 0) is 29.9 Å². The molecule has 174 valence electrons. The number of carbonyl (C=O) groups is 2. The summed E-state index contributed by atoms with van der Waals surface area (Å²) in [5.41, 5.74) is 8.29. The fraction of sp³-hybridized carbons (Fsp3) is 0.462. The third kappa shape index (κ3) is 9.20. The van der Waals surface area contributed by atoms with Gasteiger partial charge in [-0.2, -0.15) is 0 Å². The second kappa shape index (κ2) is 13.7. The van der Waals surface area contributed by atoms with E-state index in [2.05, 4.69) is 10.6 Å². The van der Waals surface area contributed by atoms with E-state index in [0.717, 1.165) is 11.1 Å². The van der Waals surface area contributed by atoms with Crippen molar-refractivity contribution in [2.75, 3.05) is 6.61 Å². The van der Waals surface area contributed by atoms with Crippen LogP contribution in [0.15, 0.2) is 60.7 Å². The highest BCUT2D eigenvalue weighted by Gasteiger charge is 2.26. The second-order valence-electron chi connectivity index (χ2n) is 8.67. The Kier molecular flexibility index (Phi) is 10.9. The van der Waals surface area contributed by atoms with Gasteiger partial charge < -0.3 is 21.1 Å². The van der Waals surface area contributed by atoms with Crippen LogP contribution < -0.4 is 16.4 Å². The minimum Gasteiger partial charge on any atom is -0.375 e. The molecule has 0 saturated carbocycles. The van der Waals surface area contributed by atoms with Crippen molar-refractivity contribution >= 4 is 11.8 Å². The maximum atomic E-state index is 12.7. The summed E-state index contributed by atoms with van der Waals surface area (Å²) < 4.78 is 5.69. The predicted octanol–water partition coefficient (Wildman–Crippen LogP) is 3.40. The van der Waals surface area contributed by atoms with E-state index >= 15 is 0 Å². The zero-order valence-electron chi connectivity index (χ0n) is 19.4. The van der Waals surface area contributed by atoms with Gasteiger partial charge in [0.1, 0.15) is 6.04 Å². The van der Waals surface area contributed by atoms with E-state index in [9.17, 15) is 9.59 Å². The fourth-order valence-electron chi connectivity index (χ4n) is 3.31. The third-order valence-electron chi connectivity index (χ3n) is 5.42. The lowest BCUT2D eigenvalue weighted by Crippen LogP contribution is -2.50. The molecule has 3 atom stereocenters. The number of benzene rings is 2. The molecule has 0 aliphatic heterocycles. The number of amides is 2. The van der Waals surface area contributed by atoms with Crippen molar-refractivity contribution in [3.05, 3.63) is 71.8 Å². The molecule has 0 aliphatic rings. The van der Waals surface area contributed by atoms with E-state index < -0.39 is 6.04 Å². The molecule has 0 heterocycles. The molecule has 0 bridgehead atoms. The van der Waals surface area contributed by atoms with E-state index in [1.165, 1.54) is 0 Å². The lowest BCUT2D eigenvalue weighted by molar-refractivity contribution is -0.132. The zero-order chi connectivity index (χ0) is 23.3. The molecule has 2 amide bonds. The van der Waals surface area contributed by atoms with E-state index in [1.807, 2.05) is 81.4 Å². The SMILES string of the molecule is CC(C)C(NC(=O)[C@H](C)CCC(N)COCc1ccccc1)C(=O)NCc1ccccc1. The highest BCUT2D eigenvalue weighted by Crippen LogP contribution is 2.11. The molecule has 32 heavy (non-hydrogen) atoms. The van der Waals surface area contributed by atoms with Gasteiger partial charge in [0, 0.05) is 18.5 Å². The number of ether oxygens (including phenoxy) is 1. The van der Waals surface area contributed by atoms with Crippen molar-refractivity contribution in [2.24, 2.45) is 17.6 Å². The van der Waals surface area contributed by atoms with Gasteiger partial charge >= 0.3 is 0 Å². The average Bonchev–Trinajstić information content (AvgIpc) is 2.80.